The van der Waals surface area contributed by atoms with Gasteiger partial charge in [0.1, 0.15) is 12.4 Å². The second kappa shape index (κ2) is 5.70. The molecule has 1 aromatic rings. The quantitative estimate of drug-likeness (QED) is 0.609. The summed E-state index contributed by atoms with van der Waals surface area (Å²) in [6, 6.07) is 9.39. The first kappa shape index (κ1) is 11.1. The molecule has 0 aliphatic heterocycles. The molecule has 0 heterocycles. The number of hydrogen-bond donors (Lipinski definition) is 1. The van der Waals surface area contributed by atoms with E-state index in [-0.39, 0.29) is 6.61 Å². The minimum absolute atomic E-state index is 0.0204. The number of benzene rings is 1. The van der Waals surface area contributed by atoms with Crippen molar-refractivity contribution in [3.8, 4) is 0 Å². The van der Waals surface area contributed by atoms with Crippen molar-refractivity contribution in [1.82, 2.24) is 0 Å². The lowest BCUT2D eigenvalue weighted by atomic mass is 10.2. The van der Waals surface area contributed by atoms with E-state index in [0.29, 0.717) is 5.76 Å². The molecule has 0 aromatic heterocycles. The van der Waals surface area contributed by atoms with E-state index < -0.39 is 6.16 Å². The maximum atomic E-state index is 10.1. The molecular formula is C11H12O4. The number of hydrogen-bond acceptors (Lipinski definition) is 3. The van der Waals surface area contributed by atoms with Crippen LogP contribution in [0.1, 0.15) is 5.56 Å². The van der Waals surface area contributed by atoms with Crippen LogP contribution < -0.4 is 0 Å². The summed E-state index contributed by atoms with van der Waals surface area (Å²) in [7, 11) is 1.53. The molecule has 0 saturated carbocycles. The van der Waals surface area contributed by atoms with Crippen LogP contribution >= 0.6 is 0 Å². The van der Waals surface area contributed by atoms with Crippen molar-refractivity contribution in [2.45, 2.75) is 0 Å². The van der Waals surface area contributed by atoms with Gasteiger partial charge in [-0.3, -0.25) is 0 Å². The van der Waals surface area contributed by atoms with Gasteiger partial charge in [0.15, 0.2) is 0 Å². The van der Waals surface area contributed by atoms with Crippen molar-refractivity contribution in [3.63, 3.8) is 0 Å². The van der Waals surface area contributed by atoms with Gasteiger partial charge in [-0.2, -0.15) is 0 Å². The molecule has 0 amide bonds. The minimum atomic E-state index is -1.30. The smallest absolute Gasteiger partial charge is 0.496 e. The van der Waals surface area contributed by atoms with Gasteiger partial charge in [-0.25, -0.2) is 4.79 Å². The molecule has 1 aromatic carbocycles. The van der Waals surface area contributed by atoms with E-state index in [1.165, 1.54) is 7.11 Å². The molecule has 15 heavy (non-hydrogen) atoms. The largest absolute Gasteiger partial charge is 0.506 e. The Bertz CT molecular complexity index is 343. The van der Waals surface area contributed by atoms with E-state index in [9.17, 15) is 4.79 Å². The highest BCUT2D eigenvalue weighted by Gasteiger charge is 2.00. The molecule has 0 aliphatic rings. The summed E-state index contributed by atoms with van der Waals surface area (Å²) in [4.78, 5) is 10.1. The van der Waals surface area contributed by atoms with Gasteiger partial charge in [-0.1, -0.05) is 30.3 Å². The fourth-order valence-corrected chi connectivity index (χ4v) is 1.11. The van der Waals surface area contributed by atoms with Crippen LogP contribution in [0.2, 0.25) is 0 Å². The Labute approximate surface area is 87.7 Å². The van der Waals surface area contributed by atoms with Crippen LogP contribution in [-0.2, 0) is 9.47 Å². The minimum Gasteiger partial charge on any atom is -0.496 e. The topological polar surface area (TPSA) is 55.8 Å². The molecule has 0 unspecified atom stereocenters. The molecular weight excluding hydrogens is 196 g/mol. The third-order valence-corrected chi connectivity index (χ3v) is 1.75. The monoisotopic (exact) mass is 208 g/mol. The molecule has 4 heteroatoms. The number of carbonyl (C=O) groups is 1. The van der Waals surface area contributed by atoms with E-state index in [0.717, 1.165) is 5.56 Å². The Kier molecular flexibility index (Phi) is 4.22. The Morgan fingerprint density at radius 3 is 2.60 bits per heavy atom. The van der Waals surface area contributed by atoms with E-state index >= 15 is 0 Å². The van der Waals surface area contributed by atoms with Gasteiger partial charge in [0.05, 0.1) is 7.11 Å². The Morgan fingerprint density at radius 1 is 1.40 bits per heavy atom. The summed E-state index contributed by atoms with van der Waals surface area (Å²) in [5, 5.41) is 8.28. The summed E-state index contributed by atoms with van der Waals surface area (Å²) >= 11 is 0. The van der Waals surface area contributed by atoms with Crippen LogP contribution in [0.15, 0.2) is 36.4 Å². The van der Waals surface area contributed by atoms with Crippen molar-refractivity contribution in [1.29, 1.82) is 0 Å². The van der Waals surface area contributed by atoms with Gasteiger partial charge in [0.25, 0.3) is 0 Å². The lowest BCUT2D eigenvalue weighted by molar-refractivity contribution is 0.102. The Morgan fingerprint density at radius 2 is 2.07 bits per heavy atom. The predicted molar refractivity (Wildman–Crippen MR) is 55.4 cm³/mol. The van der Waals surface area contributed by atoms with Crippen molar-refractivity contribution in [3.05, 3.63) is 42.0 Å². The number of ether oxygens (including phenoxy) is 2. The SMILES string of the molecule is COC(=CCOC(=O)O)c1ccccc1. The average Bonchev–Trinajstić information content (AvgIpc) is 2.25. The first-order chi connectivity index (χ1) is 7.24. The third kappa shape index (κ3) is 3.72. The fraction of sp³-hybridized carbons (Fsp3) is 0.182. The molecule has 1 rings (SSSR count). The summed E-state index contributed by atoms with van der Waals surface area (Å²) in [5.74, 6) is 0.594. The molecule has 0 radical (unpaired) electrons. The normalized spacial score (nSPS) is 10.9. The number of carboxylic acid groups (broad SMARTS) is 1. The maximum absolute atomic E-state index is 10.1. The highest BCUT2D eigenvalue weighted by Crippen LogP contribution is 2.13. The van der Waals surface area contributed by atoms with E-state index in [4.69, 9.17) is 9.84 Å². The van der Waals surface area contributed by atoms with Gasteiger partial charge in [0, 0.05) is 5.56 Å². The first-order valence-electron chi connectivity index (χ1n) is 4.39. The van der Waals surface area contributed by atoms with Crippen LogP contribution in [0.5, 0.6) is 0 Å². The zero-order valence-corrected chi connectivity index (χ0v) is 8.34. The summed E-state index contributed by atoms with van der Waals surface area (Å²) in [5.41, 5.74) is 0.883. The highest BCUT2D eigenvalue weighted by atomic mass is 16.7. The standard InChI is InChI=1S/C11H12O4/c1-14-10(7-8-15-11(12)13)9-5-3-2-4-6-9/h2-7H,8H2,1H3,(H,12,13). The van der Waals surface area contributed by atoms with Crippen LogP contribution in [0.3, 0.4) is 0 Å². The van der Waals surface area contributed by atoms with E-state index in [1.807, 2.05) is 30.3 Å². The second-order valence-electron chi connectivity index (χ2n) is 2.72. The molecule has 1 N–H and O–H groups in total. The molecule has 0 aliphatic carbocycles. The molecule has 0 atom stereocenters. The summed E-state index contributed by atoms with van der Waals surface area (Å²) < 4.78 is 9.46. The van der Waals surface area contributed by atoms with Crippen LogP contribution in [0, 0.1) is 0 Å². The number of rotatable bonds is 4. The summed E-state index contributed by atoms with van der Waals surface area (Å²) in [6.07, 6.45) is 0.276. The molecule has 4 nitrogen and oxygen atoms in total. The van der Waals surface area contributed by atoms with Gasteiger partial charge in [0.2, 0.25) is 0 Å². The van der Waals surface area contributed by atoms with Gasteiger partial charge in [-0.05, 0) is 6.08 Å². The molecule has 0 fully saturated rings. The van der Waals surface area contributed by atoms with Crippen molar-refractivity contribution < 1.29 is 19.4 Å². The molecule has 0 saturated heterocycles. The zero-order chi connectivity index (χ0) is 11.1. The molecule has 0 spiro atoms. The first-order valence-corrected chi connectivity index (χ1v) is 4.39. The maximum Gasteiger partial charge on any atom is 0.506 e. The van der Waals surface area contributed by atoms with Crippen LogP contribution in [0.4, 0.5) is 4.79 Å². The van der Waals surface area contributed by atoms with Crippen LogP contribution in [0.25, 0.3) is 5.76 Å². The zero-order valence-electron chi connectivity index (χ0n) is 8.34. The van der Waals surface area contributed by atoms with Crippen molar-refractivity contribution in [2.75, 3.05) is 13.7 Å². The third-order valence-electron chi connectivity index (χ3n) is 1.75. The highest BCUT2D eigenvalue weighted by molar-refractivity contribution is 5.61. The predicted octanol–water partition coefficient (Wildman–Crippen LogP) is 2.37. The summed E-state index contributed by atoms with van der Waals surface area (Å²) in [6.45, 7) is -0.0204. The van der Waals surface area contributed by atoms with Crippen LogP contribution in [-0.4, -0.2) is 25.0 Å². The van der Waals surface area contributed by atoms with Gasteiger partial charge >= 0.3 is 6.16 Å². The lowest BCUT2D eigenvalue weighted by Crippen LogP contribution is -2.00. The van der Waals surface area contributed by atoms with Crippen molar-refractivity contribution >= 4 is 11.9 Å². The number of methoxy groups -OCH3 is 1. The molecule has 0 bridgehead atoms. The van der Waals surface area contributed by atoms with Gasteiger partial charge < -0.3 is 14.6 Å². The lowest BCUT2D eigenvalue weighted by Gasteiger charge is -2.05. The van der Waals surface area contributed by atoms with E-state index in [1.54, 1.807) is 6.08 Å². The van der Waals surface area contributed by atoms with Gasteiger partial charge in [-0.15, -0.1) is 0 Å². The molecule has 80 valence electrons. The fourth-order valence-electron chi connectivity index (χ4n) is 1.11. The second-order valence-corrected chi connectivity index (χ2v) is 2.72. The van der Waals surface area contributed by atoms with Crippen molar-refractivity contribution in [2.24, 2.45) is 0 Å². The van der Waals surface area contributed by atoms with E-state index in [2.05, 4.69) is 4.74 Å². The Balaban J connectivity index is 2.67. The Hall–Kier alpha value is -1.97. The average molecular weight is 208 g/mol.